The van der Waals surface area contributed by atoms with Crippen LogP contribution in [-0.2, 0) is 9.53 Å². The van der Waals surface area contributed by atoms with Gasteiger partial charge in [-0.15, -0.1) is 0 Å². The van der Waals surface area contributed by atoms with Crippen LogP contribution < -0.4 is 5.32 Å². The second-order valence-electron chi connectivity index (χ2n) is 4.65. The predicted molar refractivity (Wildman–Crippen MR) is 93.5 cm³/mol. The van der Waals surface area contributed by atoms with Gasteiger partial charge in [-0.2, -0.15) is 0 Å². The summed E-state index contributed by atoms with van der Waals surface area (Å²) in [7, 11) is 0. The van der Waals surface area contributed by atoms with Crippen LogP contribution in [0.3, 0.4) is 0 Å². The molecular formula is C15H9Cl3N2O5. The minimum Gasteiger partial charge on any atom is -0.452 e. The average molecular weight is 404 g/mol. The number of nitrogens with zero attached hydrogens (tertiary/aromatic N) is 1. The third-order valence-electron chi connectivity index (χ3n) is 2.94. The molecule has 2 aromatic carbocycles. The molecule has 0 aromatic heterocycles. The van der Waals surface area contributed by atoms with Crippen LogP contribution >= 0.6 is 34.8 Å². The largest absolute Gasteiger partial charge is 0.452 e. The van der Waals surface area contributed by atoms with E-state index in [1.165, 1.54) is 30.3 Å². The fraction of sp³-hybridized carbons (Fsp3) is 0.0667. The Balaban J connectivity index is 1.98. The summed E-state index contributed by atoms with van der Waals surface area (Å²) < 4.78 is 4.85. The number of esters is 1. The summed E-state index contributed by atoms with van der Waals surface area (Å²) in [6, 6.07) is 7.97. The van der Waals surface area contributed by atoms with Crippen molar-refractivity contribution in [3.8, 4) is 0 Å². The molecule has 0 atom stereocenters. The van der Waals surface area contributed by atoms with E-state index in [4.69, 9.17) is 39.5 Å². The molecule has 7 nitrogen and oxygen atoms in total. The van der Waals surface area contributed by atoms with E-state index in [0.29, 0.717) is 0 Å². The molecule has 0 heterocycles. The first-order valence-corrected chi connectivity index (χ1v) is 7.78. The van der Waals surface area contributed by atoms with Gasteiger partial charge in [-0.25, -0.2) is 4.79 Å². The molecule has 130 valence electrons. The van der Waals surface area contributed by atoms with Gasteiger partial charge in [0.05, 0.1) is 31.2 Å². The van der Waals surface area contributed by atoms with Crippen LogP contribution in [0.25, 0.3) is 0 Å². The van der Waals surface area contributed by atoms with Crippen molar-refractivity contribution in [1.82, 2.24) is 0 Å². The van der Waals surface area contributed by atoms with E-state index in [2.05, 4.69) is 5.32 Å². The summed E-state index contributed by atoms with van der Waals surface area (Å²) >= 11 is 17.5. The highest BCUT2D eigenvalue weighted by molar-refractivity contribution is 6.43. The third-order valence-corrected chi connectivity index (χ3v) is 4.08. The van der Waals surface area contributed by atoms with Crippen LogP contribution in [0, 0.1) is 10.1 Å². The Morgan fingerprint density at radius 1 is 1.12 bits per heavy atom. The first kappa shape index (κ1) is 19.0. The fourth-order valence-electron chi connectivity index (χ4n) is 1.78. The lowest BCUT2D eigenvalue weighted by Crippen LogP contribution is -2.21. The Kier molecular flexibility index (Phi) is 6.19. The van der Waals surface area contributed by atoms with E-state index in [1.807, 2.05) is 0 Å². The summed E-state index contributed by atoms with van der Waals surface area (Å²) in [5.74, 6) is -1.50. The summed E-state index contributed by atoms with van der Waals surface area (Å²) in [5, 5.41) is 13.2. The molecule has 1 amide bonds. The number of amides is 1. The van der Waals surface area contributed by atoms with Gasteiger partial charge in [-0.05, 0) is 18.2 Å². The molecule has 0 bridgehead atoms. The van der Waals surface area contributed by atoms with E-state index in [9.17, 15) is 19.7 Å². The smallest absolute Gasteiger partial charge is 0.340 e. The normalized spacial score (nSPS) is 10.2. The van der Waals surface area contributed by atoms with Crippen molar-refractivity contribution in [3.63, 3.8) is 0 Å². The lowest BCUT2D eigenvalue weighted by Gasteiger charge is -2.09. The number of non-ortho nitro benzene ring substituents is 1. The second-order valence-corrected chi connectivity index (χ2v) is 5.84. The Hall–Kier alpha value is -2.35. The topological polar surface area (TPSA) is 98.5 Å². The number of benzene rings is 2. The molecule has 0 aliphatic heterocycles. The van der Waals surface area contributed by atoms with Crippen molar-refractivity contribution in [1.29, 1.82) is 0 Å². The zero-order valence-corrected chi connectivity index (χ0v) is 14.6. The number of halogens is 3. The molecule has 0 saturated heterocycles. The quantitative estimate of drug-likeness (QED) is 0.454. The number of anilines is 1. The molecule has 0 spiro atoms. The van der Waals surface area contributed by atoms with E-state index in [1.54, 1.807) is 0 Å². The minimum absolute atomic E-state index is 0.0213. The highest BCUT2D eigenvalue weighted by atomic mass is 35.5. The lowest BCUT2D eigenvalue weighted by molar-refractivity contribution is -0.384. The number of nitro groups is 1. The van der Waals surface area contributed by atoms with Gasteiger partial charge in [-0.3, -0.25) is 14.9 Å². The Bertz CT molecular complexity index is 857. The van der Waals surface area contributed by atoms with Crippen molar-refractivity contribution in [3.05, 3.63) is 67.1 Å². The molecule has 0 unspecified atom stereocenters. The number of nitro benzene ring substituents is 1. The molecule has 0 saturated carbocycles. The van der Waals surface area contributed by atoms with Crippen LogP contribution in [0.4, 0.5) is 11.4 Å². The van der Waals surface area contributed by atoms with Crippen LogP contribution in [0.1, 0.15) is 10.4 Å². The molecule has 0 radical (unpaired) electrons. The van der Waals surface area contributed by atoms with Gasteiger partial charge >= 0.3 is 5.97 Å². The van der Waals surface area contributed by atoms with Crippen LogP contribution in [-0.4, -0.2) is 23.4 Å². The van der Waals surface area contributed by atoms with Gasteiger partial charge in [-0.1, -0.05) is 40.9 Å². The molecule has 1 N–H and O–H groups in total. The van der Waals surface area contributed by atoms with Crippen molar-refractivity contribution in [2.45, 2.75) is 0 Å². The summed E-state index contributed by atoms with van der Waals surface area (Å²) in [6.07, 6.45) is 0. The maximum atomic E-state index is 11.9. The Labute approximate surface area is 156 Å². The molecule has 0 aliphatic carbocycles. The van der Waals surface area contributed by atoms with Gasteiger partial charge in [0.15, 0.2) is 6.61 Å². The number of hydrogen-bond donors (Lipinski definition) is 1. The summed E-state index contributed by atoms with van der Waals surface area (Å²) in [5.41, 5.74) is -0.0468. The number of nitrogens with one attached hydrogen (secondary N) is 1. The van der Waals surface area contributed by atoms with E-state index in [0.717, 1.165) is 6.07 Å². The van der Waals surface area contributed by atoms with Gasteiger partial charge in [0, 0.05) is 12.1 Å². The number of carbonyl (C=O) groups is 2. The van der Waals surface area contributed by atoms with Crippen molar-refractivity contribution in [2.24, 2.45) is 0 Å². The summed E-state index contributed by atoms with van der Waals surface area (Å²) in [6.45, 7) is -0.602. The Morgan fingerprint density at radius 2 is 1.84 bits per heavy atom. The van der Waals surface area contributed by atoms with Crippen LogP contribution in [0.2, 0.25) is 15.1 Å². The highest BCUT2D eigenvalue weighted by Gasteiger charge is 2.16. The standard InChI is InChI=1S/C15H9Cl3N2O5/c16-10-3-1-2-9(14(10)18)15(22)25-7-13(21)19-12-5-4-8(20(23)24)6-11(12)17/h1-6H,7H2,(H,19,21). The first-order chi connectivity index (χ1) is 11.8. The SMILES string of the molecule is O=C(COC(=O)c1cccc(Cl)c1Cl)Nc1ccc([N+](=O)[O-])cc1Cl. The first-order valence-electron chi connectivity index (χ1n) is 6.64. The molecule has 2 aromatic rings. The maximum absolute atomic E-state index is 11.9. The summed E-state index contributed by atoms with van der Waals surface area (Å²) in [4.78, 5) is 33.8. The zero-order chi connectivity index (χ0) is 18.6. The molecule has 2 rings (SSSR count). The maximum Gasteiger partial charge on any atom is 0.340 e. The van der Waals surface area contributed by atoms with Gasteiger partial charge in [0.25, 0.3) is 11.6 Å². The monoisotopic (exact) mass is 402 g/mol. The number of carbonyl (C=O) groups excluding carboxylic acids is 2. The highest BCUT2D eigenvalue weighted by Crippen LogP contribution is 2.27. The van der Waals surface area contributed by atoms with Gasteiger partial charge in [0.1, 0.15) is 0 Å². The van der Waals surface area contributed by atoms with Gasteiger partial charge in [0.2, 0.25) is 0 Å². The Morgan fingerprint density at radius 3 is 2.48 bits per heavy atom. The number of ether oxygens (including phenoxy) is 1. The number of hydrogen-bond acceptors (Lipinski definition) is 5. The molecule has 25 heavy (non-hydrogen) atoms. The van der Waals surface area contributed by atoms with E-state index < -0.39 is 23.4 Å². The second kappa shape index (κ2) is 8.15. The van der Waals surface area contributed by atoms with Crippen molar-refractivity contribution in [2.75, 3.05) is 11.9 Å². The predicted octanol–water partition coefficient (Wildman–Crippen LogP) is 4.35. The molecule has 10 heteroatoms. The van der Waals surface area contributed by atoms with E-state index >= 15 is 0 Å². The van der Waals surface area contributed by atoms with E-state index in [-0.39, 0.29) is 32.0 Å². The fourth-order valence-corrected chi connectivity index (χ4v) is 2.38. The zero-order valence-electron chi connectivity index (χ0n) is 12.3. The molecular weight excluding hydrogens is 395 g/mol. The minimum atomic E-state index is -0.822. The van der Waals surface area contributed by atoms with Crippen molar-refractivity contribution < 1.29 is 19.2 Å². The molecule has 0 fully saturated rings. The van der Waals surface area contributed by atoms with Crippen LogP contribution in [0.15, 0.2) is 36.4 Å². The van der Waals surface area contributed by atoms with Crippen molar-refractivity contribution >= 4 is 58.1 Å². The number of rotatable bonds is 5. The molecule has 0 aliphatic rings. The lowest BCUT2D eigenvalue weighted by atomic mass is 10.2. The average Bonchev–Trinajstić information content (AvgIpc) is 2.56. The van der Waals surface area contributed by atoms with Gasteiger partial charge < -0.3 is 10.1 Å². The van der Waals surface area contributed by atoms with Crippen LogP contribution in [0.5, 0.6) is 0 Å². The third kappa shape index (κ3) is 4.82.